The molecule has 2 aromatic rings. The van der Waals surface area contributed by atoms with Gasteiger partial charge in [-0.1, -0.05) is 45.9 Å². The molecule has 89 valence electrons. The SMILES string of the molecule is CC(C)c1cccc(C(C)C)c1-c1cc[c]s1. The summed E-state index contributed by atoms with van der Waals surface area (Å²) in [6.07, 6.45) is 0. The predicted octanol–water partition coefficient (Wildman–Crippen LogP) is 5.46. The summed E-state index contributed by atoms with van der Waals surface area (Å²) in [4.78, 5) is 1.35. The standard InChI is InChI=1S/C16H19S/c1-11(2)13-7-5-8-14(12(3)4)16(13)15-9-6-10-17-15/h5-9,11-12H,1-4H3. The average molecular weight is 243 g/mol. The highest BCUT2D eigenvalue weighted by Crippen LogP contribution is 2.37. The van der Waals surface area contributed by atoms with Gasteiger partial charge in [-0.2, -0.15) is 0 Å². The van der Waals surface area contributed by atoms with Gasteiger partial charge < -0.3 is 0 Å². The Morgan fingerprint density at radius 2 is 1.53 bits per heavy atom. The molecule has 17 heavy (non-hydrogen) atoms. The third-order valence-corrected chi connectivity index (χ3v) is 3.91. The van der Waals surface area contributed by atoms with Crippen LogP contribution in [0.25, 0.3) is 10.4 Å². The maximum atomic E-state index is 3.20. The zero-order valence-corrected chi connectivity index (χ0v) is 11.8. The van der Waals surface area contributed by atoms with E-state index in [4.69, 9.17) is 0 Å². The van der Waals surface area contributed by atoms with Gasteiger partial charge in [-0.3, -0.25) is 0 Å². The lowest BCUT2D eigenvalue weighted by atomic mass is 9.88. The van der Waals surface area contributed by atoms with Crippen molar-refractivity contribution in [3.63, 3.8) is 0 Å². The molecule has 0 saturated heterocycles. The largest absolute Gasteiger partial charge is 0.134 e. The number of hydrogen-bond donors (Lipinski definition) is 0. The van der Waals surface area contributed by atoms with Gasteiger partial charge in [0.2, 0.25) is 0 Å². The second kappa shape index (κ2) is 5.05. The Morgan fingerprint density at radius 1 is 0.941 bits per heavy atom. The summed E-state index contributed by atoms with van der Waals surface area (Å²) < 4.78 is 0. The Kier molecular flexibility index (Phi) is 3.68. The van der Waals surface area contributed by atoms with Crippen LogP contribution in [0.2, 0.25) is 0 Å². The van der Waals surface area contributed by atoms with E-state index in [9.17, 15) is 0 Å². The Balaban J connectivity index is 2.67. The maximum Gasteiger partial charge on any atom is 0.0449 e. The average Bonchev–Trinajstić information content (AvgIpc) is 2.80. The fraction of sp³-hybridized carbons (Fsp3) is 0.375. The molecule has 1 heterocycles. The van der Waals surface area contributed by atoms with Crippen LogP contribution in [0, 0.1) is 5.38 Å². The molecule has 0 aliphatic carbocycles. The van der Waals surface area contributed by atoms with Crippen LogP contribution in [0.15, 0.2) is 30.3 Å². The highest BCUT2D eigenvalue weighted by molar-refractivity contribution is 7.13. The minimum absolute atomic E-state index is 0.561. The van der Waals surface area contributed by atoms with E-state index >= 15 is 0 Å². The zero-order valence-electron chi connectivity index (χ0n) is 10.9. The molecule has 0 N–H and O–H groups in total. The van der Waals surface area contributed by atoms with Crippen LogP contribution < -0.4 is 0 Å². The molecule has 1 radical (unpaired) electrons. The molecular formula is C16H19S. The van der Waals surface area contributed by atoms with Gasteiger partial charge in [-0.05, 0) is 40.7 Å². The molecule has 0 aliphatic heterocycles. The van der Waals surface area contributed by atoms with Gasteiger partial charge in [0.1, 0.15) is 0 Å². The molecule has 0 spiro atoms. The first-order valence-corrected chi connectivity index (χ1v) is 7.02. The lowest BCUT2D eigenvalue weighted by Gasteiger charge is -2.18. The van der Waals surface area contributed by atoms with E-state index in [-0.39, 0.29) is 0 Å². The van der Waals surface area contributed by atoms with Gasteiger partial charge >= 0.3 is 0 Å². The van der Waals surface area contributed by atoms with Gasteiger partial charge in [-0.25, -0.2) is 0 Å². The van der Waals surface area contributed by atoms with E-state index < -0.39 is 0 Å². The molecule has 1 aromatic heterocycles. The fourth-order valence-corrected chi connectivity index (χ4v) is 2.95. The summed E-state index contributed by atoms with van der Waals surface area (Å²) in [7, 11) is 0. The van der Waals surface area contributed by atoms with E-state index in [2.05, 4.69) is 57.3 Å². The van der Waals surface area contributed by atoms with Crippen molar-refractivity contribution < 1.29 is 0 Å². The minimum Gasteiger partial charge on any atom is -0.134 e. The molecule has 0 atom stereocenters. The van der Waals surface area contributed by atoms with Crippen molar-refractivity contribution in [2.45, 2.75) is 39.5 Å². The third-order valence-electron chi connectivity index (χ3n) is 3.09. The smallest absolute Gasteiger partial charge is 0.0449 e. The van der Waals surface area contributed by atoms with E-state index in [0.29, 0.717) is 11.8 Å². The van der Waals surface area contributed by atoms with E-state index in [1.54, 1.807) is 11.3 Å². The van der Waals surface area contributed by atoms with Crippen LogP contribution in [-0.4, -0.2) is 0 Å². The Labute approximate surface area is 108 Å². The monoisotopic (exact) mass is 243 g/mol. The zero-order chi connectivity index (χ0) is 12.4. The summed E-state index contributed by atoms with van der Waals surface area (Å²) in [5, 5.41) is 3.20. The van der Waals surface area contributed by atoms with Crippen LogP contribution in [0.3, 0.4) is 0 Å². The van der Waals surface area contributed by atoms with Gasteiger partial charge in [0, 0.05) is 10.3 Å². The second-order valence-electron chi connectivity index (χ2n) is 5.04. The predicted molar refractivity (Wildman–Crippen MR) is 76.8 cm³/mol. The van der Waals surface area contributed by atoms with E-state index in [0.717, 1.165) is 0 Å². The lowest BCUT2D eigenvalue weighted by Crippen LogP contribution is -1.98. The highest BCUT2D eigenvalue weighted by Gasteiger charge is 2.15. The van der Waals surface area contributed by atoms with Crippen LogP contribution in [0.5, 0.6) is 0 Å². The van der Waals surface area contributed by atoms with Crippen LogP contribution in [-0.2, 0) is 0 Å². The van der Waals surface area contributed by atoms with Crippen molar-refractivity contribution in [1.29, 1.82) is 0 Å². The molecule has 0 unspecified atom stereocenters. The maximum absolute atomic E-state index is 3.20. The molecule has 0 fully saturated rings. The molecule has 0 nitrogen and oxygen atoms in total. The Morgan fingerprint density at radius 3 is 1.94 bits per heavy atom. The van der Waals surface area contributed by atoms with Gasteiger partial charge in [0.05, 0.1) is 0 Å². The molecule has 1 aromatic carbocycles. The summed E-state index contributed by atoms with van der Waals surface area (Å²) in [5.74, 6) is 1.12. The Bertz CT molecular complexity index is 452. The van der Waals surface area contributed by atoms with Crippen LogP contribution in [0.4, 0.5) is 0 Å². The summed E-state index contributed by atoms with van der Waals surface area (Å²) >= 11 is 1.71. The first kappa shape index (κ1) is 12.4. The highest BCUT2D eigenvalue weighted by atomic mass is 32.1. The molecule has 0 amide bonds. The van der Waals surface area contributed by atoms with Crippen molar-refractivity contribution in [2.75, 3.05) is 0 Å². The van der Waals surface area contributed by atoms with Crippen molar-refractivity contribution >= 4 is 11.3 Å². The lowest BCUT2D eigenvalue weighted by molar-refractivity contribution is 0.839. The van der Waals surface area contributed by atoms with Crippen molar-refractivity contribution in [1.82, 2.24) is 0 Å². The number of hydrogen-bond acceptors (Lipinski definition) is 1. The molecule has 0 saturated carbocycles. The van der Waals surface area contributed by atoms with Crippen molar-refractivity contribution in [3.8, 4) is 10.4 Å². The molecule has 2 rings (SSSR count). The number of thiophene rings is 1. The Hall–Kier alpha value is -1.08. The van der Waals surface area contributed by atoms with Gasteiger partial charge in [0.15, 0.2) is 0 Å². The topological polar surface area (TPSA) is 0 Å². The van der Waals surface area contributed by atoms with Crippen LogP contribution >= 0.6 is 11.3 Å². The van der Waals surface area contributed by atoms with E-state index in [1.165, 1.54) is 21.6 Å². The fourth-order valence-electron chi connectivity index (χ4n) is 2.21. The van der Waals surface area contributed by atoms with Gasteiger partial charge in [-0.15, -0.1) is 11.3 Å². The first-order chi connectivity index (χ1) is 8.11. The quantitative estimate of drug-likeness (QED) is 0.671. The first-order valence-electron chi connectivity index (χ1n) is 6.20. The van der Waals surface area contributed by atoms with Crippen LogP contribution in [0.1, 0.15) is 50.7 Å². The minimum atomic E-state index is 0.561. The van der Waals surface area contributed by atoms with E-state index in [1.807, 2.05) is 6.07 Å². The molecular weight excluding hydrogens is 224 g/mol. The second-order valence-corrected chi connectivity index (χ2v) is 5.92. The molecule has 0 bridgehead atoms. The third kappa shape index (κ3) is 2.44. The summed E-state index contributed by atoms with van der Waals surface area (Å²) in [6.45, 7) is 9.06. The molecule has 1 heteroatoms. The summed E-state index contributed by atoms with van der Waals surface area (Å²) in [6, 6.07) is 10.9. The normalized spacial score (nSPS) is 11.4. The number of rotatable bonds is 3. The van der Waals surface area contributed by atoms with Gasteiger partial charge in [0.25, 0.3) is 0 Å². The summed E-state index contributed by atoms with van der Waals surface area (Å²) in [5.41, 5.74) is 4.34. The number of benzene rings is 1. The van der Waals surface area contributed by atoms with Crippen molar-refractivity contribution in [3.05, 3.63) is 46.8 Å². The molecule has 0 aliphatic rings. The van der Waals surface area contributed by atoms with Crippen molar-refractivity contribution in [2.24, 2.45) is 0 Å².